The van der Waals surface area contributed by atoms with Crippen LogP contribution < -0.4 is 0 Å². The van der Waals surface area contributed by atoms with Gasteiger partial charge >= 0.3 is 29.8 Å². The number of cyclic esters (lactones) is 2. The van der Waals surface area contributed by atoms with Gasteiger partial charge in [-0.2, -0.15) is 0 Å². The van der Waals surface area contributed by atoms with Crippen LogP contribution in [-0.2, 0) is 61.9 Å². The standard InChI is InChI=1S/C49H80O16/c1-9-11-12-13-14-15-16-17-18-19-20-21-41(53)60-32-47(4,5)39-31-36-23-25-59-45(61-36)22-24-48(6,7)49(57)46(64-40(52)10-2)34(27-42(54)58-8)26-37(65-49)30-38(33(3)50)62-43(55)28-35(51)29-44(56)63-39/h22,24,27,33,35-39,45-46,50-51,57H,9-21,23,25-26,28-32H2,1-8H3/b24-22+,34-27+/t33-,35+,36+,37+,38-,39+,45+,46+,49-/m1/s1. The van der Waals surface area contributed by atoms with Crippen molar-refractivity contribution < 1.29 is 77.2 Å². The average Bonchev–Trinajstić information content (AvgIpc) is 3.24. The minimum Gasteiger partial charge on any atom is -0.466 e. The van der Waals surface area contributed by atoms with Gasteiger partial charge in [-0.1, -0.05) is 112 Å². The Morgan fingerprint density at radius 3 is 2.11 bits per heavy atom. The van der Waals surface area contributed by atoms with E-state index in [4.69, 9.17) is 37.9 Å². The van der Waals surface area contributed by atoms with E-state index in [1.807, 2.05) is 13.8 Å². The summed E-state index contributed by atoms with van der Waals surface area (Å²) in [5.74, 6) is -5.88. The molecule has 3 aliphatic rings. The molecule has 0 spiro atoms. The van der Waals surface area contributed by atoms with Gasteiger partial charge < -0.3 is 53.2 Å². The zero-order chi connectivity index (χ0) is 48.2. The molecule has 0 aliphatic carbocycles. The number of rotatable bonds is 19. The Morgan fingerprint density at radius 1 is 0.892 bits per heavy atom. The summed E-state index contributed by atoms with van der Waals surface area (Å²) in [4.78, 5) is 65.1. The average molecular weight is 925 g/mol. The van der Waals surface area contributed by atoms with Crippen LogP contribution in [0.4, 0.5) is 0 Å². The molecular formula is C49H80O16. The minimum absolute atomic E-state index is 0.0518. The van der Waals surface area contributed by atoms with E-state index < -0.39 is 102 Å². The molecule has 16 nitrogen and oxygen atoms in total. The summed E-state index contributed by atoms with van der Waals surface area (Å²) in [6.45, 7) is 12.3. The number of esters is 5. The number of unbranched alkanes of at least 4 members (excludes halogenated alkanes) is 10. The van der Waals surface area contributed by atoms with Crippen LogP contribution >= 0.6 is 0 Å². The molecule has 372 valence electrons. The highest BCUT2D eigenvalue weighted by Gasteiger charge is 2.57. The molecule has 0 aromatic carbocycles. The van der Waals surface area contributed by atoms with Gasteiger partial charge in [0.2, 0.25) is 5.79 Å². The van der Waals surface area contributed by atoms with Gasteiger partial charge in [0.05, 0.1) is 57.6 Å². The summed E-state index contributed by atoms with van der Waals surface area (Å²) in [7, 11) is 1.18. The molecule has 2 saturated heterocycles. The zero-order valence-electron chi connectivity index (χ0n) is 40.3. The lowest BCUT2D eigenvalue weighted by atomic mass is 9.74. The number of aliphatic hydroxyl groups is 3. The smallest absolute Gasteiger partial charge is 0.330 e. The number of carbonyl (C=O) groups is 5. The van der Waals surface area contributed by atoms with Crippen LogP contribution in [0.1, 0.15) is 170 Å². The van der Waals surface area contributed by atoms with E-state index in [1.165, 1.54) is 59.0 Å². The predicted molar refractivity (Wildman–Crippen MR) is 239 cm³/mol. The highest BCUT2D eigenvalue weighted by Crippen LogP contribution is 2.47. The summed E-state index contributed by atoms with van der Waals surface area (Å²) in [5, 5.41) is 34.3. The molecular weight excluding hydrogens is 845 g/mol. The molecule has 0 radical (unpaired) electrons. The van der Waals surface area contributed by atoms with Crippen molar-refractivity contribution in [1.82, 2.24) is 0 Å². The first-order chi connectivity index (χ1) is 30.7. The molecule has 3 N–H and O–H groups in total. The van der Waals surface area contributed by atoms with Gasteiger partial charge in [-0.15, -0.1) is 0 Å². The van der Waals surface area contributed by atoms with Gasteiger partial charge in [0.25, 0.3) is 0 Å². The minimum atomic E-state index is -2.36. The van der Waals surface area contributed by atoms with Crippen molar-refractivity contribution in [2.45, 2.75) is 225 Å². The summed E-state index contributed by atoms with van der Waals surface area (Å²) in [6.07, 6.45) is 7.44. The van der Waals surface area contributed by atoms with Crippen molar-refractivity contribution in [3.05, 3.63) is 23.8 Å². The maximum absolute atomic E-state index is 13.4. The van der Waals surface area contributed by atoms with Crippen molar-refractivity contribution in [1.29, 1.82) is 0 Å². The van der Waals surface area contributed by atoms with Crippen LogP contribution in [0.2, 0.25) is 0 Å². The summed E-state index contributed by atoms with van der Waals surface area (Å²) in [6, 6.07) is 0. The highest BCUT2D eigenvalue weighted by atomic mass is 16.7. The SMILES string of the molecule is CCCCCCCCCCCCCC(=O)OCC(C)(C)[C@@H]1C[C@@H]2CCO[C@H](/C=C/C(C)(C)[C@]3(O)O[C@@H](C/C(=C\C(=O)OC)[C@@H]3OC(=O)CC)C[C@H]([C@@H](C)O)OC(=O)C[C@H](O)CC(=O)O1)O2. The van der Waals surface area contributed by atoms with Crippen LogP contribution in [0, 0.1) is 10.8 Å². The maximum atomic E-state index is 13.4. The topological polar surface area (TPSA) is 220 Å². The molecule has 16 heteroatoms. The fraction of sp³-hybridized carbons (Fsp3) is 0.816. The fourth-order valence-corrected chi connectivity index (χ4v) is 8.25. The quantitative estimate of drug-likeness (QED) is 0.0390. The summed E-state index contributed by atoms with van der Waals surface area (Å²) in [5.41, 5.74) is -2.18. The number of carbonyl (C=O) groups excluding carboxylic acids is 5. The Morgan fingerprint density at radius 2 is 1.51 bits per heavy atom. The highest BCUT2D eigenvalue weighted by molar-refractivity contribution is 5.83. The lowest BCUT2D eigenvalue weighted by Crippen LogP contribution is -2.62. The van der Waals surface area contributed by atoms with Gasteiger partial charge in [0.1, 0.15) is 12.2 Å². The first-order valence-corrected chi connectivity index (χ1v) is 24.0. The Kier molecular flexibility index (Phi) is 23.6. The second-order valence-electron chi connectivity index (χ2n) is 19.2. The predicted octanol–water partition coefficient (Wildman–Crippen LogP) is 7.01. The van der Waals surface area contributed by atoms with Crippen LogP contribution in [-0.4, -0.2) is 120 Å². The van der Waals surface area contributed by atoms with Gasteiger partial charge in [-0.05, 0) is 37.8 Å². The first kappa shape index (κ1) is 55.9. The number of ether oxygens (including phenoxy) is 8. The third-order valence-electron chi connectivity index (χ3n) is 12.5. The molecule has 9 atom stereocenters. The van der Waals surface area contributed by atoms with Crippen molar-refractivity contribution in [3.8, 4) is 0 Å². The third kappa shape index (κ3) is 18.7. The van der Waals surface area contributed by atoms with Gasteiger partial charge in [0, 0.05) is 42.6 Å². The molecule has 0 amide bonds. The molecule has 0 aromatic rings. The molecule has 0 unspecified atom stereocenters. The fourth-order valence-electron chi connectivity index (χ4n) is 8.25. The molecule has 3 aliphatic heterocycles. The van der Waals surface area contributed by atoms with Crippen LogP contribution in [0.25, 0.3) is 0 Å². The second-order valence-corrected chi connectivity index (χ2v) is 19.2. The Balaban J connectivity index is 1.86. The van der Waals surface area contributed by atoms with Crippen molar-refractivity contribution >= 4 is 29.8 Å². The summed E-state index contributed by atoms with van der Waals surface area (Å²) < 4.78 is 46.7. The number of fused-ring (bicyclic) bond motifs is 4. The van der Waals surface area contributed by atoms with E-state index >= 15 is 0 Å². The van der Waals surface area contributed by atoms with Gasteiger partial charge in [-0.25, -0.2) is 4.79 Å². The normalized spacial score (nSPS) is 29.7. The van der Waals surface area contributed by atoms with E-state index in [9.17, 15) is 39.3 Å². The molecule has 3 rings (SSSR count). The Labute approximate surface area is 386 Å². The monoisotopic (exact) mass is 925 g/mol. The second kappa shape index (κ2) is 27.4. The molecule has 0 saturated carbocycles. The van der Waals surface area contributed by atoms with Crippen molar-refractivity contribution in [2.75, 3.05) is 20.3 Å². The third-order valence-corrected chi connectivity index (χ3v) is 12.5. The van der Waals surface area contributed by atoms with Crippen molar-refractivity contribution in [3.63, 3.8) is 0 Å². The molecule has 4 bridgehead atoms. The molecule has 2 fully saturated rings. The first-order valence-electron chi connectivity index (χ1n) is 24.0. The van der Waals surface area contributed by atoms with Crippen LogP contribution in [0.5, 0.6) is 0 Å². The van der Waals surface area contributed by atoms with E-state index in [1.54, 1.807) is 32.9 Å². The number of hydrogen-bond donors (Lipinski definition) is 3. The maximum Gasteiger partial charge on any atom is 0.330 e. The van der Waals surface area contributed by atoms with E-state index in [2.05, 4.69) is 6.92 Å². The molecule has 65 heavy (non-hydrogen) atoms. The van der Waals surface area contributed by atoms with Gasteiger partial charge in [0.15, 0.2) is 12.4 Å². The largest absolute Gasteiger partial charge is 0.466 e. The Bertz CT molecular complexity index is 1570. The lowest BCUT2D eigenvalue weighted by Gasteiger charge is -2.51. The summed E-state index contributed by atoms with van der Waals surface area (Å²) >= 11 is 0. The number of aliphatic hydroxyl groups excluding tert-OH is 2. The van der Waals surface area contributed by atoms with Crippen LogP contribution in [0.3, 0.4) is 0 Å². The zero-order valence-corrected chi connectivity index (χ0v) is 40.3. The van der Waals surface area contributed by atoms with E-state index in [0.29, 0.717) is 12.8 Å². The van der Waals surface area contributed by atoms with Crippen molar-refractivity contribution in [2.24, 2.45) is 10.8 Å². The van der Waals surface area contributed by atoms with Crippen LogP contribution in [0.15, 0.2) is 23.8 Å². The number of methoxy groups -OCH3 is 1. The molecule has 3 heterocycles. The van der Waals surface area contributed by atoms with Gasteiger partial charge in [-0.3, -0.25) is 19.2 Å². The van der Waals surface area contributed by atoms with E-state index in [-0.39, 0.29) is 56.9 Å². The lowest BCUT2D eigenvalue weighted by molar-refractivity contribution is -0.327. The van der Waals surface area contributed by atoms with E-state index in [0.717, 1.165) is 25.3 Å². The molecule has 0 aromatic heterocycles. The number of hydrogen-bond acceptors (Lipinski definition) is 16. The Hall–Kier alpha value is -3.41.